The van der Waals surface area contributed by atoms with Gasteiger partial charge in [-0.2, -0.15) is 0 Å². The number of esters is 1. The van der Waals surface area contributed by atoms with Gasteiger partial charge in [0.1, 0.15) is 11.3 Å². The molecule has 128 valence electrons. The fourth-order valence-electron chi connectivity index (χ4n) is 2.72. The van der Waals surface area contributed by atoms with E-state index in [1.165, 1.54) is 0 Å². The van der Waals surface area contributed by atoms with Crippen LogP contribution >= 0.6 is 0 Å². The zero-order valence-electron chi connectivity index (χ0n) is 14.4. The highest BCUT2D eigenvalue weighted by Crippen LogP contribution is 2.27. The fraction of sp³-hybridized carbons (Fsp3) is 0.238. The maximum atomic E-state index is 12.7. The zero-order chi connectivity index (χ0) is 17.8. The van der Waals surface area contributed by atoms with E-state index >= 15 is 0 Å². The van der Waals surface area contributed by atoms with E-state index in [0.29, 0.717) is 23.3 Å². The predicted molar refractivity (Wildman–Crippen MR) is 97.8 cm³/mol. The Labute approximate surface area is 146 Å². The number of para-hydroxylation sites is 1. The van der Waals surface area contributed by atoms with E-state index in [1.54, 1.807) is 25.1 Å². The third kappa shape index (κ3) is 3.33. The molecule has 1 aromatic heterocycles. The molecule has 0 fully saturated rings. The van der Waals surface area contributed by atoms with Crippen LogP contribution in [0.5, 0.6) is 0 Å². The van der Waals surface area contributed by atoms with Crippen LogP contribution in [0.15, 0.2) is 57.7 Å². The van der Waals surface area contributed by atoms with E-state index in [9.17, 15) is 9.59 Å². The molecule has 3 aromatic rings. The number of rotatable bonds is 5. The van der Waals surface area contributed by atoms with Crippen molar-refractivity contribution in [1.82, 2.24) is 0 Å². The van der Waals surface area contributed by atoms with Gasteiger partial charge in [0.05, 0.1) is 12.0 Å². The molecule has 3 rings (SSSR count). The molecule has 0 aliphatic rings. The maximum Gasteiger partial charge on any atom is 0.341 e. The van der Waals surface area contributed by atoms with E-state index in [0.717, 1.165) is 18.4 Å². The van der Waals surface area contributed by atoms with E-state index in [2.05, 4.69) is 0 Å². The van der Waals surface area contributed by atoms with Crippen molar-refractivity contribution >= 4 is 16.9 Å². The van der Waals surface area contributed by atoms with Gasteiger partial charge in [0.15, 0.2) is 11.0 Å². The van der Waals surface area contributed by atoms with Crippen LogP contribution in [-0.2, 0) is 4.74 Å². The Morgan fingerprint density at radius 3 is 2.56 bits per heavy atom. The SMILES string of the molecule is CCCCOC(=O)c1cccc2c(=O)c(C)c(-c3ccccc3)oc12. The molecule has 0 bridgehead atoms. The highest BCUT2D eigenvalue weighted by Gasteiger charge is 2.19. The van der Waals surface area contributed by atoms with Crippen LogP contribution in [0.4, 0.5) is 0 Å². The van der Waals surface area contributed by atoms with Gasteiger partial charge in [0.2, 0.25) is 0 Å². The van der Waals surface area contributed by atoms with Gasteiger partial charge in [-0.3, -0.25) is 4.79 Å². The molecule has 0 aliphatic heterocycles. The van der Waals surface area contributed by atoms with Crippen molar-refractivity contribution in [3.8, 4) is 11.3 Å². The first-order valence-electron chi connectivity index (χ1n) is 8.42. The minimum atomic E-state index is -0.468. The van der Waals surface area contributed by atoms with Crippen LogP contribution in [0, 0.1) is 6.92 Å². The summed E-state index contributed by atoms with van der Waals surface area (Å²) < 4.78 is 11.3. The molecule has 4 nitrogen and oxygen atoms in total. The van der Waals surface area contributed by atoms with Gasteiger partial charge >= 0.3 is 5.97 Å². The lowest BCUT2D eigenvalue weighted by Gasteiger charge is -2.10. The largest absolute Gasteiger partial charge is 0.462 e. The molecule has 0 unspecified atom stereocenters. The summed E-state index contributed by atoms with van der Waals surface area (Å²) in [7, 11) is 0. The van der Waals surface area contributed by atoms with Gasteiger partial charge in [0, 0.05) is 11.1 Å². The van der Waals surface area contributed by atoms with Crippen LogP contribution in [0.3, 0.4) is 0 Å². The summed E-state index contributed by atoms with van der Waals surface area (Å²) in [6, 6.07) is 14.4. The van der Waals surface area contributed by atoms with Gasteiger partial charge in [-0.15, -0.1) is 0 Å². The molecule has 0 aliphatic carbocycles. The quantitative estimate of drug-likeness (QED) is 0.499. The van der Waals surface area contributed by atoms with Crippen LogP contribution in [0.25, 0.3) is 22.3 Å². The minimum Gasteiger partial charge on any atom is -0.462 e. The summed E-state index contributed by atoms with van der Waals surface area (Å²) in [6.07, 6.45) is 1.74. The smallest absolute Gasteiger partial charge is 0.341 e. The second-order valence-electron chi connectivity index (χ2n) is 5.92. The maximum absolute atomic E-state index is 12.7. The number of carbonyl (C=O) groups excluding carboxylic acids is 1. The average Bonchev–Trinajstić information content (AvgIpc) is 2.65. The lowest BCUT2D eigenvalue weighted by Crippen LogP contribution is -2.11. The molecule has 0 amide bonds. The Kier molecular flexibility index (Phi) is 4.98. The lowest BCUT2D eigenvalue weighted by atomic mass is 10.0. The van der Waals surface area contributed by atoms with Crippen LogP contribution in [0.2, 0.25) is 0 Å². The van der Waals surface area contributed by atoms with Crippen molar-refractivity contribution in [1.29, 1.82) is 0 Å². The third-order valence-corrected chi connectivity index (χ3v) is 4.13. The summed E-state index contributed by atoms with van der Waals surface area (Å²) >= 11 is 0. The second kappa shape index (κ2) is 7.34. The number of hydrogen-bond donors (Lipinski definition) is 0. The number of benzene rings is 2. The molecule has 0 atom stereocenters. The van der Waals surface area contributed by atoms with Crippen LogP contribution in [0.1, 0.15) is 35.7 Å². The average molecular weight is 336 g/mol. The molecule has 0 N–H and O–H groups in total. The molecule has 2 aromatic carbocycles. The summed E-state index contributed by atoms with van der Waals surface area (Å²) in [5.74, 6) is 0.0111. The predicted octanol–water partition coefficient (Wildman–Crippen LogP) is 4.73. The Morgan fingerprint density at radius 2 is 1.84 bits per heavy atom. The fourth-order valence-corrected chi connectivity index (χ4v) is 2.72. The standard InChI is InChI=1S/C21H20O4/c1-3-4-13-24-21(23)17-12-8-11-16-18(22)14(2)19(25-20(16)17)15-9-6-5-7-10-15/h5-12H,3-4,13H2,1-2H3. The molecule has 25 heavy (non-hydrogen) atoms. The molecule has 0 saturated carbocycles. The molecular weight excluding hydrogens is 316 g/mol. The van der Waals surface area contributed by atoms with Crippen molar-refractivity contribution in [3.63, 3.8) is 0 Å². The first-order valence-corrected chi connectivity index (χ1v) is 8.42. The number of ether oxygens (including phenoxy) is 1. The number of unbranched alkanes of at least 4 members (excludes halogenated alkanes) is 1. The number of hydrogen-bond acceptors (Lipinski definition) is 4. The Morgan fingerprint density at radius 1 is 1.08 bits per heavy atom. The van der Waals surface area contributed by atoms with Crippen molar-refractivity contribution in [2.24, 2.45) is 0 Å². The Balaban J connectivity index is 2.16. The zero-order valence-corrected chi connectivity index (χ0v) is 14.4. The van der Waals surface area contributed by atoms with Crippen molar-refractivity contribution in [2.45, 2.75) is 26.7 Å². The summed E-state index contributed by atoms with van der Waals surface area (Å²) in [5.41, 5.74) is 1.74. The van der Waals surface area contributed by atoms with E-state index in [1.807, 2.05) is 37.3 Å². The van der Waals surface area contributed by atoms with Gasteiger partial charge in [-0.25, -0.2) is 4.79 Å². The van der Waals surface area contributed by atoms with Crippen molar-refractivity contribution < 1.29 is 13.9 Å². The number of fused-ring (bicyclic) bond motifs is 1. The molecular formula is C21H20O4. The highest BCUT2D eigenvalue weighted by molar-refractivity contribution is 6.02. The van der Waals surface area contributed by atoms with Crippen LogP contribution in [-0.4, -0.2) is 12.6 Å². The minimum absolute atomic E-state index is 0.136. The second-order valence-corrected chi connectivity index (χ2v) is 5.92. The van der Waals surface area contributed by atoms with E-state index in [-0.39, 0.29) is 16.6 Å². The molecule has 0 spiro atoms. The lowest BCUT2D eigenvalue weighted by molar-refractivity contribution is 0.0501. The Bertz CT molecular complexity index is 955. The van der Waals surface area contributed by atoms with Crippen LogP contribution < -0.4 is 5.43 Å². The van der Waals surface area contributed by atoms with E-state index in [4.69, 9.17) is 9.15 Å². The number of carbonyl (C=O) groups is 1. The highest BCUT2D eigenvalue weighted by atomic mass is 16.5. The topological polar surface area (TPSA) is 56.5 Å². The summed E-state index contributed by atoms with van der Waals surface area (Å²) in [4.78, 5) is 25.1. The molecule has 1 heterocycles. The summed E-state index contributed by atoms with van der Waals surface area (Å²) in [5, 5.41) is 0.391. The van der Waals surface area contributed by atoms with Gasteiger partial charge < -0.3 is 9.15 Å². The van der Waals surface area contributed by atoms with Crippen molar-refractivity contribution in [3.05, 3.63) is 69.9 Å². The van der Waals surface area contributed by atoms with Crippen molar-refractivity contribution in [2.75, 3.05) is 6.61 Å². The van der Waals surface area contributed by atoms with E-state index < -0.39 is 5.97 Å². The normalized spacial score (nSPS) is 10.8. The molecule has 0 radical (unpaired) electrons. The molecule has 4 heteroatoms. The first-order chi connectivity index (χ1) is 12.1. The first kappa shape index (κ1) is 17.0. The third-order valence-electron chi connectivity index (χ3n) is 4.13. The van der Waals surface area contributed by atoms with Gasteiger partial charge in [-0.05, 0) is 25.5 Å². The van der Waals surface area contributed by atoms with Gasteiger partial charge in [0.25, 0.3) is 0 Å². The van der Waals surface area contributed by atoms with Gasteiger partial charge in [-0.1, -0.05) is 49.7 Å². The molecule has 0 saturated heterocycles. The Hall–Kier alpha value is -2.88. The monoisotopic (exact) mass is 336 g/mol. The summed E-state index contributed by atoms with van der Waals surface area (Å²) in [6.45, 7) is 4.12.